The van der Waals surface area contributed by atoms with Crippen molar-refractivity contribution in [2.45, 2.75) is 19.8 Å². The van der Waals surface area contributed by atoms with Gasteiger partial charge in [0.2, 0.25) is 0 Å². The molecule has 152 valence electrons. The third kappa shape index (κ3) is 4.30. The number of rotatable bonds is 6. The average molecular weight is 400 g/mol. The molecule has 0 saturated carbocycles. The summed E-state index contributed by atoms with van der Waals surface area (Å²) in [5.41, 5.74) is 3.56. The summed E-state index contributed by atoms with van der Waals surface area (Å²) in [6, 6.07) is 11.2. The number of anilines is 1. The Kier molecular flexibility index (Phi) is 5.70. The molecule has 0 aliphatic carbocycles. The van der Waals surface area contributed by atoms with E-state index in [4.69, 9.17) is 0 Å². The van der Waals surface area contributed by atoms with Gasteiger partial charge >= 0.3 is 0 Å². The lowest BCUT2D eigenvalue weighted by molar-refractivity contribution is -0.112. The average Bonchev–Trinajstić information content (AvgIpc) is 3.44. The van der Waals surface area contributed by atoms with Gasteiger partial charge in [-0.1, -0.05) is 18.7 Å². The molecule has 1 saturated heterocycles. The summed E-state index contributed by atoms with van der Waals surface area (Å²) in [4.78, 5) is 31.3. The minimum atomic E-state index is -0.223. The van der Waals surface area contributed by atoms with E-state index in [-0.39, 0.29) is 5.91 Å². The van der Waals surface area contributed by atoms with E-state index in [2.05, 4.69) is 36.7 Å². The number of allylic oxidation sites excluding steroid dienone is 1. The molecule has 1 aliphatic heterocycles. The number of imidazole rings is 1. The van der Waals surface area contributed by atoms with E-state index in [1.807, 2.05) is 43.3 Å². The van der Waals surface area contributed by atoms with Crippen LogP contribution in [0, 0.1) is 0 Å². The molecule has 4 rings (SSSR count). The Morgan fingerprint density at radius 3 is 2.83 bits per heavy atom. The molecular formula is C23H24N6O. The number of aromatic amines is 1. The number of nitrogens with one attached hydrogen (secondary N) is 2. The molecule has 2 aromatic heterocycles. The fourth-order valence-corrected chi connectivity index (χ4v) is 3.38. The van der Waals surface area contributed by atoms with Gasteiger partial charge in [-0.15, -0.1) is 0 Å². The Hall–Kier alpha value is -3.74. The van der Waals surface area contributed by atoms with Gasteiger partial charge in [0.1, 0.15) is 11.5 Å². The van der Waals surface area contributed by atoms with Crippen molar-refractivity contribution in [1.29, 1.82) is 0 Å². The van der Waals surface area contributed by atoms with Gasteiger partial charge in [0.25, 0.3) is 5.91 Å². The summed E-state index contributed by atoms with van der Waals surface area (Å²) < 4.78 is 0. The van der Waals surface area contributed by atoms with Crippen molar-refractivity contribution >= 4 is 28.8 Å². The van der Waals surface area contributed by atoms with E-state index in [1.54, 1.807) is 18.5 Å². The van der Waals surface area contributed by atoms with Crippen LogP contribution in [0.1, 0.15) is 19.8 Å². The van der Waals surface area contributed by atoms with Crippen molar-refractivity contribution in [3.8, 4) is 11.5 Å². The third-order valence-corrected chi connectivity index (χ3v) is 5.04. The zero-order valence-corrected chi connectivity index (χ0v) is 16.9. The zero-order chi connectivity index (χ0) is 20.9. The van der Waals surface area contributed by atoms with E-state index in [0.29, 0.717) is 22.9 Å². The molecule has 2 N–H and O–H groups in total. The number of fused-ring (bicyclic) bond motifs is 1. The number of benzene rings is 1. The Balaban J connectivity index is 1.47. The largest absolute Gasteiger partial charge is 0.357 e. The van der Waals surface area contributed by atoms with Crippen molar-refractivity contribution in [1.82, 2.24) is 19.9 Å². The van der Waals surface area contributed by atoms with E-state index in [0.717, 1.165) is 42.7 Å². The topological polar surface area (TPSA) is 86.3 Å². The normalized spacial score (nSPS) is 14.6. The van der Waals surface area contributed by atoms with Crippen molar-refractivity contribution in [2.24, 2.45) is 4.99 Å². The standard InChI is InChI=1S/C23H24N6O/c1-3-17(15-25-16(2)29-12-6-7-13-29)23(30)26-18-9-10-19-21(14-18)28-22(27-19)20-8-4-5-11-24-20/h3-5,8-11,14-15H,2,6-7,12-13H2,1H3,(H,26,30)(H,27,28)/b17-3+,25-15-. The van der Waals surface area contributed by atoms with Crippen LogP contribution in [0.5, 0.6) is 0 Å². The summed E-state index contributed by atoms with van der Waals surface area (Å²) in [7, 11) is 0. The molecule has 0 atom stereocenters. The first-order valence-corrected chi connectivity index (χ1v) is 10.0. The number of aromatic nitrogens is 3. The number of aliphatic imine (C=N–C) groups is 1. The lowest BCUT2D eigenvalue weighted by Crippen LogP contribution is -2.18. The van der Waals surface area contributed by atoms with Crippen LogP contribution in [0.25, 0.3) is 22.6 Å². The Labute approximate surface area is 175 Å². The number of hydrogen-bond donors (Lipinski definition) is 2. The Morgan fingerprint density at radius 1 is 1.27 bits per heavy atom. The fraction of sp³-hybridized carbons (Fsp3) is 0.217. The highest BCUT2D eigenvalue weighted by Crippen LogP contribution is 2.22. The van der Waals surface area contributed by atoms with E-state index in [9.17, 15) is 4.79 Å². The molecule has 30 heavy (non-hydrogen) atoms. The molecule has 3 heterocycles. The summed E-state index contributed by atoms with van der Waals surface area (Å²) >= 11 is 0. The second kappa shape index (κ2) is 8.73. The summed E-state index contributed by atoms with van der Waals surface area (Å²) in [5.74, 6) is 1.16. The predicted molar refractivity (Wildman–Crippen MR) is 120 cm³/mol. The van der Waals surface area contributed by atoms with Gasteiger partial charge in [-0.2, -0.15) is 0 Å². The minimum absolute atomic E-state index is 0.223. The molecule has 1 aliphatic rings. The first kappa shape index (κ1) is 19.6. The molecule has 1 aromatic carbocycles. The molecule has 1 amide bonds. The van der Waals surface area contributed by atoms with Crippen LogP contribution >= 0.6 is 0 Å². The van der Waals surface area contributed by atoms with Gasteiger partial charge in [0, 0.05) is 31.2 Å². The van der Waals surface area contributed by atoms with Crippen LogP contribution < -0.4 is 5.32 Å². The number of H-pyrrole nitrogens is 1. The maximum Gasteiger partial charge on any atom is 0.256 e. The van der Waals surface area contributed by atoms with E-state index >= 15 is 0 Å². The lowest BCUT2D eigenvalue weighted by atomic mass is 10.2. The van der Waals surface area contributed by atoms with Gasteiger partial charge in [-0.3, -0.25) is 9.78 Å². The maximum absolute atomic E-state index is 12.7. The van der Waals surface area contributed by atoms with Crippen molar-refractivity contribution in [2.75, 3.05) is 18.4 Å². The van der Waals surface area contributed by atoms with Crippen molar-refractivity contribution in [3.05, 3.63) is 66.6 Å². The third-order valence-electron chi connectivity index (χ3n) is 5.04. The van der Waals surface area contributed by atoms with Crippen molar-refractivity contribution < 1.29 is 4.79 Å². The van der Waals surface area contributed by atoms with Gasteiger partial charge < -0.3 is 15.2 Å². The van der Waals surface area contributed by atoms with Gasteiger partial charge in [-0.05, 0) is 50.1 Å². The first-order chi connectivity index (χ1) is 14.6. The van der Waals surface area contributed by atoms with Crippen LogP contribution in [0.2, 0.25) is 0 Å². The molecule has 3 aromatic rings. The van der Waals surface area contributed by atoms with Crippen LogP contribution in [0.3, 0.4) is 0 Å². The smallest absolute Gasteiger partial charge is 0.256 e. The van der Waals surface area contributed by atoms with Crippen LogP contribution in [-0.4, -0.2) is 45.1 Å². The lowest BCUT2D eigenvalue weighted by Gasteiger charge is -2.16. The first-order valence-electron chi connectivity index (χ1n) is 10.0. The molecule has 7 nitrogen and oxygen atoms in total. The summed E-state index contributed by atoms with van der Waals surface area (Å²) in [5, 5.41) is 2.92. The number of carbonyl (C=O) groups is 1. The fourth-order valence-electron chi connectivity index (χ4n) is 3.38. The predicted octanol–water partition coefficient (Wildman–Crippen LogP) is 4.15. The molecule has 0 spiro atoms. The van der Waals surface area contributed by atoms with Crippen LogP contribution in [0.4, 0.5) is 5.69 Å². The van der Waals surface area contributed by atoms with Crippen molar-refractivity contribution in [3.63, 3.8) is 0 Å². The second-order valence-corrected chi connectivity index (χ2v) is 7.10. The van der Waals surface area contributed by atoms with Crippen LogP contribution in [-0.2, 0) is 4.79 Å². The highest BCUT2D eigenvalue weighted by Gasteiger charge is 2.13. The number of hydrogen-bond acceptors (Lipinski definition) is 5. The maximum atomic E-state index is 12.7. The number of amides is 1. The highest BCUT2D eigenvalue weighted by atomic mass is 16.1. The molecule has 7 heteroatoms. The SMILES string of the molecule is C=C(/N=C\C(=C/C)C(=O)Nc1ccc2nc(-c3ccccn3)[nH]c2c1)N1CCCC1. The summed E-state index contributed by atoms with van der Waals surface area (Å²) in [6.45, 7) is 7.76. The highest BCUT2D eigenvalue weighted by molar-refractivity contribution is 6.18. The van der Waals surface area contributed by atoms with Gasteiger partial charge in [-0.25, -0.2) is 9.98 Å². The zero-order valence-electron chi connectivity index (χ0n) is 16.9. The minimum Gasteiger partial charge on any atom is -0.357 e. The second-order valence-electron chi connectivity index (χ2n) is 7.10. The number of nitrogens with zero attached hydrogens (tertiary/aromatic N) is 4. The van der Waals surface area contributed by atoms with Gasteiger partial charge in [0.05, 0.1) is 16.6 Å². The molecule has 0 radical (unpaired) electrons. The van der Waals surface area contributed by atoms with Gasteiger partial charge in [0.15, 0.2) is 5.82 Å². The number of likely N-dealkylation sites (tertiary alicyclic amines) is 1. The van der Waals surface area contributed by atoms with E-state index < -0.39 is 0 Å². The monoisotopic (exact) mass is 400 g/mol. The summed E-state index contributed by atoms with van der Waals surface area (Å²) in [6.07, 6.45) is 7.36. The molecular weight excluding hydrogens is 376 g/mol. The quantitative estimate of drug-likeness (QED) is 0.481. The number of carbonyl (C=O) groups excluding carboxylic acids is 1. The van der Waals surface area contributed by atoms with E-state index in [1.165, 1.54) is 0 Å². The number of pyridine rings is 1. The van der Waals surface area contributed by atoms with Crippen LogP contribution in [0.15, 0.2) is 71.6 Å². The molecule has 1 fully saturated rings. The molecule has 0 unspecified atom stereocenters. The molecule has 0 bridgehead atoms. The Bertz CT molecular complexity index is 1120. The Morgan fingerprint density at radius 2 is 2.10 bits per heavy atom.